The standard InChI is InChI=1S/C20H20ClN3O5S3/c1-23-13-9-14-15(29-8-7-28-14)10-16(13)30-20(23)22-19(25)12-3-2-6-24(11-12)32(26,27)18-5-4-17(21)31-18/h4-5,9-10,12H,2-3,6-8,11H2,1H3. The van der Waals surface area contributed by atoms with Crippen LogP contribution in [0.3, 0.4) is 0 Å². The zero-order valence-electron chi connectivity index (χ0n) is 17.1. The number of sulfonamides is 1. The van der Waals surface area contributed by atoms with Crippen molar-refractivity contribution in [3.8, 4) is 11.5 Å². The Balaban J connectivity index is 1.41. The van der Waals surface area contributed by atoms with Gasteiger partial charge in [-0.05, 0) is 25.0 Å². The van der Waals surface area contributed by atoms with Crippen LogP contribution in [0.4, 0.5) is 0 Å². The molecule has 2 aromatic heterocycles. The molecule has 4 heterocycles. The molecule has 3 aromatic rings. The van der Waals surface area contributed by atoms with E-state index in [4.69, 9.17) is 21.1 Å². The fraction of sp³-hybridized carbons (Fsp3) is 0.400. The molecule has 0 N–H and O–H groups in total. The molecule has 5 rings (SSSR count). The minimum Gasteiger partial charge on any atom is -0.486 e. The highest BCUT2D eigenvalue weighted by Crippen LogP contribution is 2.35. The van der Waals surface area contributed by atoms with Crippen LogP contribution in [0.2, 0.25) is 4.34 Å². The number of thiazole rings is 1. The quantitative estimate of drug-likeness (QED) is 0.536. The molecule has 2 aliphatic heterocycles. The molecule has 8 nitrogen and oxygen atoms in total. The van der Waals surface area contributed by atoms with Crippen molar-refractivity contribution >= 4 is 60.4 Å². The monoisotopic (exact) mass is 513 g/mol. The first-order valence-corrected chi connectivity index (χ1v) is 13.5. The summed E-state index contributed by atoms with van der Waals surface area (Å²) >= 11 is 8.32. The van der Waals surface area contributed by atoms with Gasteiger partial charge in [0.1, 0.15) is 17.4 Å². The molecule has 1 aromatic carbocycles. The number of aryl methyl sites for hydroxylation is 1. The Labute approximate surface area is 197 Å². The molecule has 0 bridgehead atoms. The largest absolute Gasteiger partial charge is 0.486 e. The molecule has 0 radical (unpaired) electrons. The molecule has 1 unspecified atom stereocenters. The maximum atomic E-state index is 13.0. The Kier molecular flexibility index (Phi) is 5.79. The van der Waals surface area contributed by atoms with E-state index in [9.17, 15) is 13.2 Å². The molecule has 1 amide bonds. The molecule has 0 aliphatic carbocycles. The molecule has 1 fully saturated rings. The van der Waals surface area contributed by atoms with Crippen LogP contribution in [0, 0.1) is 5.92 Å². The van der Waals surface area contributed by atoms with Crippen molar-refractivity contribution in [2.45, 2.75) is 17.1 Å². The number of rotatable bonds is 3. The number of nitrogens with zero attached hydrogens (tertiary/aromatic N) is 3. The van der Waals surface area contributed by atoms with Crippen LogP contribution in [-0.2, 0) is 21.9 Å². The van der Waals surface area contributed by atoms with Crippen LogP contribution in [0.1, 0.15) is 12.8 Å². The van der Waals surface area contributed by atoms with E-state index in [0.29, 0.717) is 53.2 Å². The number of hydrogen-bond acceptors (Lipinski definition) is 7. The topological polar surface area (TPSA) is 90.2 Å². The smallest absolute Gasteiger partial charge is 0.252 e. The molecule has 0 spiro atoms. The Hall–Kier alpha value is -1.92. The number of halogens is 1. The van der Waals surface area contributed by atoms with Gasteiger partial charge in [0.25, 0.3) is 15.9 Å². The molecule has 0 saturated carbocycles. The Morgan fingerprint density at radius 3 is 2.66 bits per heavy atom. The lowest BCUT2D eigenvalue weighted by molar-refractivity contribution is -0.122. The number of ether oxygens (including phenoxy) is 2. The van der Waals surface area contributed by atoms with Crippen LogP contribution < -0.4 is 14.3 Å². The third-order valence-electron chi connectivity index (χ3n) is 5.56. The van der Waals surface area contributed by atoms with E-state index < -0.39 is 15.9 Å². The number of thiophene rings is 1. The van der Waals surface area contributed by atoms with Crippen LogP contribution in [0.25, 0.3) is 10.2 Å². The van der Waals surface area contributed by atoms with Gasteiger partial charge in [-0.3, -0.25) is 4.79 Å². The van der Waals surface area contributed by atoms with Crippen molar-refractivity contribution in [1.82, 2.24) is 8.87 Å². The van der Waals surface area contributed by atoms with Gasteiger partial charge < -0.3 is 14.0 Å². The zero-order valence-corrected chi connectivity index (χ0v) is 20.3. The van der Waals surface area contributed by atoms with E-state index in [1.165, 1.54) is 21.7 Å². The molecule has 32 heavy (non-hydrogen) atoms. The predicted octanol–water partition coefficient (Wildman–Crippen LogP) is 3.25. The normalized spacial score (nSPS) is 20.1. The lowest BCUT2D eigenvalue weighted by Crippen LogP contribution is -2.42. The minimum absolute atomic E-state index is 0.116. The van der Waals surface area contributed by atoms with Gasteiger partial charge in [-0.25, -0.2) is 8.42 Å². The minimum atomic E-state index is -3.68. The molecule has 1 saturated heterocycles. The van der Waals surface area contributed by atoms with Gasteiger partial charge in [0.2, 0.25) is 0 Å². The lowest BCUT2D eigenvalue weighted by atomic mass is 9.99. The fourth-order valence-electron chi connectivity index (χ4n) is 3.88. The predicted molar refractivity (Wildman–Crippen MR) is 123 cm³/mol. The molecule has 170 valence electrons. The van der Waals surface area contributed by atoms with Crippen LogP contribution in [0.5, 0.6) is 11.5 Å². The summed E-state index contributed by atoms with van der Waals surface area (Å²) in [5.41, 5.74) is 0.897. The Morgan fingerprint density at radius 1 is 1.19 bits per heavy atom. The van der Waals surface area contributed by atoms with Crippen molar-refractivity contribution in [3.63, 3.8) is 0 Å². The summed E-state index contributed by atoms with van der Waals surface area (Å²) in [7, 11) is -1.83. The highest BCUT2D eigenvalue weighted by Gasteiger charge is 2.34. The number of fused-ring (bicyclic) bond motifs is 2. The average molecular weight is 514 g/mol. The number of piperidine rings is 1. The van der Waals surface area contributed by atoms with E-state index in [1.54, 1.807) is 6.07 Å². The summed E-state index contributed by atoms with van der Waals surface area (Å²) in [6.07, 6.45) is 1.20. The maximum absolute atomic E-state index is 13.0. The maximum Gasteiger partial charge on any atom is 0.252 e. The van der Waals surface area contributed by atoms with E-state index in [0.717, 1.165) is 21.6 Å². The first-order chi connectivity index (χ1) is 15.3. The van der Waals surface area contributed by atoms with Gasteiger partial charge in [-0.15, -0.1) is 11.3 Å². The fourth-order valence-corrected chi connectivity index (χ4v) is 8.08. The summed E-state index contributed by atoms with van der Waals surface area (Å²) in [6.45, 7) is 1.50. The summed E-state index contributed by atoms with van der Waals surface area (Å²) in [5.74, 6) is 0.565. The van der Waals surface area contributed by atoms with Crippen molar-refractivity contribution in [2.24, 2.45) is 18.0 Å². The highest BCUT2D eigenvalue weighted by atomic mass is 35.5. The van der Waals surface area contributed by atoms with E-state index in [2.05, 4.69) is 4.99 Å². The van der Waals surface area contributed by atoms with Crippen LogP contribution in [-0.4, -0.2) is 49.5 Å². The van der Waals surface area contributed by atoms with Gasteiger partial charge in [0.15, 0.2) is 16.3 Å². The molecule has 12 heteroatoms. The Bertz CT molecular complexity index is 1370. The van der Waals surface area contributed by atoms with Crippen molar-refractivity contribution < 1.29 is 22.7 Å². The zero-order chi connectivity index (χ0) is 22.5. The van der Waals surface area contributed by atoms with Gasteiger partial charge in [-0.1, -0.05) is 22.9 Å². The first-order valence-electron chi connectivity index (χ1n) is 10.1. The molecular formula is C20H20ClN3O5S3. The summed E-state index contributed by atoms with van der Waals surface area (Å²) < 4.78 is 41.9. The number of amides is 1. The second kappa shape index (κ2) is 8.45. The SMILES string of the molecule is Cn1c(=NC(=O)C2CCCN(S(=O)(=O)c3ccc(Cl)s3)C2)sc2cc3c(cc21)OCCO3. The van der Waals surface area contributed by atoms with Crippen molar-refractivity contribution in [2.75, 3.05) is 26.3 Å². The van der Waals surface area contributed by atoms with Gasteiger partial charge in [0, 0.05) is 32.3 Å². The Morgan fingerprint density at radius 2 is 1.94 bits per heavy atom. The van der Waals surface area contributed by atoms with E-state index in [1.807, 2.05) is 23.7 Å². The third kappa shape index (κ3) is 3.96. The van der Waals surface area contributed by atoms with Crippen molar-refractivity contribution in [3.05, 3.63) is 33.4 Å². The van der Waals surface area contributed by atoms with Crippen LogP contribution >= 0.6 is 34.3 Å². The number of hydrogen-bond donors (Lipinski definition) is 0. The summed E-state index contributed by atoms with van der Waals surface area (Å²) in [6, 6.07) is 6.86. The second-order valence-electron chi connectivity index (χ2n) is 7.62. The number of benzene rings is 1. The van der Waals surface area contributed by atoms with Gasteiger partial charge >= 0.3 is 0 Å². The van der Waals surface area contributed by atoms with Gasteiger partial charge in [0.05, 0.1) is 20.5 Å². The third-order valence-corrected chi connectivity index (χ3v) is 10.2. The van der Waals surface area contributed by atoms with Crippen LogP contribution in [0.15, 0.2) is 33.5 Å². The number of carbonyl (C=O) groups excluding carboxylic acids is 1. The summed E-state index contributed by atoms with van der Waals surface area (Å²) in [4.78, 5) is 17.9. The number of carbonyl (C=O) groups is 1. The first kappa shape index (κ1) is 21.9. The van der Waals surface area contributed by atoms with Crippen molar-refractivity contribution in [1.29, 1.82) is 0 Å². The number of aromatic nitrogens is 1. The lowest BCUT2D eigenvalue weighted by Gasteiger charge is -2.29. The summed E-state index contributed by atoms with van der Waals surface area (Å²) in [5, 5.41) is 0. The van der Waals surface area contributed by atoms with E-state index >= 15 is 0 Å². The highest BCUT2D eigenvalue weighted by molar-refractivity contribution is 7.91. The van der Waals surface area contributed by atoms with Gasteiger partial charge in [-0.2, -0.15) is 9.30 Å². The van der Waals surface area contributed by atoms with E-state index in [-0.39, 0.29) is 16.7 Å². The molecule has 1 atom stereocenters. The molecule has 2 aliphatic rings. The molecular weight excluding hydrogens is 494 g/mol. The second-order valence-corrected chi connectivity index (χ2v) is 12.5. The average Bonchev–Trinajstić information content (AvgIpc) is 3.36.